The number of benzene rings is 1. The summed E-state index contributed by atoms with van der Waals surface area (Å²) < 4.78 is 1.51. The van der Waals surface area contributed by atoms with Crippen molar-refractivity contribution in [3.63, 3.8) is 0 Å². The monoisotopic (exact) mass is 304 g/mol. The van der Waals surface area contributed by atoms with Gasteiger partial charge in [0.15, 0.2) is 6.29 Å². The lowest BCUT2D eigenvalue weighted by Crippen LogP contribution is -2.14. The van der Waals surface area contributed by atoms with Crippen LogP contribution in [-0.4, -0.2) is 20.8 Å². The quantitative estimate of drug-likeness (QED) is 0.515. The predicted molar refractivity (Wildman–Crippen MR) is 78.1 cm³/mol. The fourth-order valence-electron chi connectivity index (χ4n) is 2.08. The van der Waals surface area contributed by atoms with Crippen LogP contribution in [0, 0.1) is 34.1 Å². The van der Waals surface area contributed by atoms with Crippen molar-refractivity contribution < 1.29 is 14.6 Å². The summed E-state index contributed by atoms with van der Waals surface area (Å²) in [5, 5.41) is 21.8. The molecule has 0 saturated carbocycles. The Kier molecular flexibility index (Phi) is 3.89. The normalized spacial score (nSPS) is 10.3. The molecule has 0 aliphatic heterocycles. The number of aldehydes is 1. The molecule has 1 heterocycles. The summed E-state index contributed by atoms with van der Waals surface area (Å²) in [5.74, 6) is 0. The molecule has 22 heavy (non-hydrogen) atoms. The van der Waals surface area contributed by atoms with E-state index in [1.807, 2.05) is 0 Å². The van der Waals surface area contributed by atoms with E-state index < -0.39 is 15.5 Å². The SMILES string of the molecule is Cc1cc(C=O)c(C)n1Nc1ccc([N+](=O)[O-])cc1[N+](=O)[O-]. The first-order valence-corrected chi connectivity index (χ1v) is 6.19. The number of hydrogen-bond donors (Lipinski definition) is 1. The molecule has 1 aromatic heterocycles. The van der Waals surface area contributed by atoms with Crippen LogP contribution in [0.3, 0.4) is 0 Å². The zero-order valence-electron chi connectivity index (χ0n) is 11.8. The van der Waals surface area contributed by atoms with Crippen LogP contribution in [0.15, 0.2) is 24.3 Å². The second-order valence-electron chi connectivity index (χ2n) is 4.61. The Morgan fingerprint density at radius 2 is 1.82 bits per heavy atom. The van der Waals surface area contributed by atoms with Crippen LogP contribution in [-0.2, 0) is 0 Å². The Labute approximate surface area is 124 Å². The van der Waals surface area contributed by atoms with Crippen LogP contribution >= 0.6 is 0 Å². The van der Waals surface area contributed by atoms with Gasteiger partial charge in [-0.2, -0.15) is 0 Å². The Morgan fingerprint density at radius 1 is 1.14 bits per heavy atom. The van der Waals surface area contributed by atoms with Gasteiger partial charge < -0.3 is 0 Å². The van der Waals surface area contributed by atoms with E-state index in [4.69, 9.17) is 0 Å². The number of nitro groups is 2. The van der Waals surface area contributed by atoms with E-state index in [-0.39, 0.29) is 11.4 Å². The van der Waals surface area contributed by atoms with Gasteiger partial charge in [0.1, 0.15) is 5.69 Å². The van der Waals surface area contributed by atoms with E-state index in [1.165, 1.54) is 16.8 Å². The maximum Gasteiger partial charge on any atom is 0.300 e. The number of aryl methyl sites for hydroxylation is 1. The Hall–Kier alpha value is -3.23. The van der Waals surface area contributed by atoms with Crippen molar-refractivity contribution in [2.24, 2.45) is 0 Å². The Bertz CT molecular complexity index is 781. The van der Waals surface area contributed by atoms with Gasteiger partial charge in [-0.25, -0.2) is 0 Å². The maximum atomic E-state index is 11.1. The second-order valence-corrected chi connectivity index (χ2v) is 4.61. The first-order valence-electron chi connectivity index (χ1n) is 6.19. The molecule has 9 heteroatoms. The number of nitrogens with one attached hydrogen (secondary N) is 1. The molecule has 0 bridgehead atoms. The largest absolute Gasteiger partial charge is 0.300 e. The number of hydrogen-bond acceptors (Lipinski definition) is 6. The number of carbonyl (C=O) groups excluding carboxylic acids is 1. The molecule has 9 nitrogen and oxygen atoms in total. The maximum absolute atomic E-state index is 11.1. The van der Waals surface area contributed by atoms with Crippen molar-refractivity contribution in [2.75, 3.05) is 5.43 Å². The van der Waals surface area contributed by atoms with E-state index in [0.717, 1.165) is 6.07 Å². The van der Waals surface area contributed by atoms with Crippen molar-refractivity contribution in [1.29, 1.82) is 0 Å². The van der Waals surface area contributed by atoms with E-state index in [0.29, 0.717) is 23.2 Å². The average Bonchev–Trinajstić information content (AvgIpc) is 2.74. The highest BCUT2D eigenvalue weighted by molar-refractivity contribution is 5.77. The minimum absolute atomic E-state index is 0.0925. The molecule has 0 aliphatic carbocycles. The summed E-state index contributed by atoms with van der Waals surface area (Å²) in [6, 6.07) is 4.95. The molecule has 1 aromatic carbocycles. The zero-order valence-corrected chi connectivity index (χ0v) is 11.8. The van der Waals surface area contributed by atoms with Crippen LogP contribution in [0.4, 0.5) is 17.1 Å². The van der Waals surface area contributed by atoms with Crippen molar-refractivity contribution in [3.8, 4) is 0 Å². The molecule has 0 spiro atoms. The Morgan fingerprint density at radius 3 is 2.32 bits per heavy atom. The lowest BCUT2D eigenvalue weighted by Gasteiger charge is -2.12. The lowest BCUT2D eigenvalue weighted by molar-refractivity contribution is -0.393. The molecule has 1 N–H and O–H groups in total. The number of nitro benzene ring substituents is 2. The summed E-state index contributed by atoms with van der Waals surface area (Å²) in [4.78, 5) is 31.3. The van der Waals surface area contributed by atoms with Crippen molar-refractivity contribution >= 4 is 23.3 Å². The summed E-state index contributed by atoms with van der Waals surface area (Å²) in [6.45, 7) is 3.41. The Balaban J connectivity index is 2.50. The van der Waals surface area contributed by atoms with E-state index in [9.17, 15) is 25.0 Å². The molecule has 0 amide bonds. The van der Waals surface area contributed by atoms with Crippen LogP contribution in [0.2, 0.25) is 0 Å². The highest BCUT2D eigenvalue weighted by Crippen LogP contribution is 2.29. The lowest BCUT2D eigenvalue weighted by atomic mass is 10.2. The standard InChI is InChI=1S/C13H12N4O5/c1-8-5-10(7-18)9(2)15(8)14-12-4-3-11(16(19)20)6-13(12)17(21)22/h3-7,14H,1-2H3. The first-order chi connectivity index (χ1) is 10.3. The number of rotatable bonds is 5. The zero-order chi connectivity index (χ0) is 16.4. The number of carbonyl (C=O) groups is 1. The number of aromatic nitrogens is 1. The van der Waals surface area contributed by atoms with Crippen LogP contribution in [0.1, 0.15) is 21.7 Å². The smallest absolute Gasteiger partial charge is 0.298 e. The van der Waals surface area contributed by atoms with Crippen molar-refractivity contribution in [2.45, 2.75) is 13.8 Å². The average molecular weight is 304 g/mol. The first kappa shape index (κ1) is 15.2. The third-order valence-corrected chi connectivity index (χ3v) is 3.22. The van der Waals surface area contributed by atoms with Gasteiger partial charge >= 0.3 is 5.69 Å². The van der Waals surface area contributed by atoms with Crippen LogP contribution in [0.25, 0.3) is 0 Å². The number of nitrogens with zero attached hydrogens (tertiary/aromatic N) is 3. The van der Waals surface area contributed by atoms with Crippen LogP contribution < -0.4 is 5.43 Å². The molecule has 0 aliphatic rings. The van der Waals surface area contributed by atoms with Gasteiger partial charge in [0, 0.05) is 23.0 Å². The van der Waals surface area contributed by atoms with E-state index in [1.54, 1.807) is 19.9 Å². The molecule has 2 rings (SSSR count). The third-order valence-electron chi connectivity index (χ3n) is 3.22. The topological polar surface area (TPSA) is 120 Å². The van der Waals surface area contributed by atoms with Crippen LogP contribution in [0.5, 0.6) is 0 Å². The summed E-state index contributed by atoms with van der Waals surface area (Å²) in [7, 11) is 0. The fourth-order valence-corrected chi connectivity index (χ4v) is 2.08. The summed E-state index contributed by atoms with van der Waals surface area (Å²) in [6.07, 6.45) is 0.685. The molecule has 2 aromatic rings. The van der Waals surface area contributed by atoms with Gasteiger partial charge in [0.2, 0.25) is 0 Å². The number of non-ortho nitro benzene ring substituents is 1. The molecule has 114 valence electrons. The van der Waals surface area contributed by atoms with Crippen molar-refractivity contribution in [3.05, 3.63) is 61.4 Å². The summed E-state index contributed by atoms with van der Waals surface area (Å²) >= 11 is 0. The van der Waals surface area contributed by atoms with Gasteiger partial charge in [-0.05, 0) is 26.0 Å². The minimum Gasteiger partial charge on any atom is -0.298 e. The summed E-state index contributed by atoms with van der Waals surface area (Å²) in [5.41, 5.74) is 3.82. The van der Waals surface area contributed by atoms with Gasteiger partial charge in [-0.3, -0.25) is 35.1 Å². The van der Waals surface area contributed by atoms with E-state index >= 15 is 0 Å². The highest BCUT2D eigenvalue weighted by atomic mass is 16.6. The fraction of sp³-hybridized carbons (Fsp3) is 0.154. The highest BCUT2D eigenvalue weighted by Gasteiger charge is 2.20. The van der Waals surface area contributed by atoms with Gasteiger partial charge in [-0.15, -0.1) is 0 Å². The molecule has 0 unspecified atom stereocenters. The third kappa shape index (κ3) is 2.64. The van der Waals surface area contributed by atoms with Gasteiger partial charge in [0.25, 0.3) is 5.69 Å². The van der Waals surface area contributed by atoms with Crippen molar-refractivity contribution in [1.82, 2.24) is 4.68 Å². The van der Waals surface area contributed by atoms with Gasteiger partial charge in [0.05, 0.1) is 15.9 Å². The molecule has 0 atom stereocenters. The van der Waals surface area contributed by atoms with E-state index in [2.05, 4.69) is 5.43 Å². The predicted octanol–water partition coefficient (Wildman–Crippen LogP) is 2.61. The number of anilines is 1. The molecule has 0 radical (unpaired) electrons. The van der Waals surface area contributed by atoms with Gasteiger partial charge in [-0.1, -0.05) is 0 Å². The molecule has 0 saturated heterocycles. The minimum atomic E-state index is -0.704. The molecular formula is C13H12N4O5. The second kappa shape index (κ2) is 5.64. The molecular weight excluding hydrogens is 292 g/mol. The molecule has 0 fully saturated rings.